The van der Waals surface area contributed by atoms with Crippen LogP contribution in [0.5, 0.6) is 0 Å². The number of halogens is 3. The average molecular weight is 306 g/mol. The van der Waals surface area contributed by atoms with E-state index < -0.39 is 18.1 Å². The summed E-state index contributed by atoms with van der Waals surface area (Å²) in [7, 11) is 0. The maximum atomic E-state index is 12.2. The minimum atomic E-state index is -4.84. The molecule has 1 aliphatic heterocycles. The van der Waals surface area contributed by atoms with E-state index in [1.165, 1.54) is 12.8 Å². The molecule has 21 heavy (non-hydrogen) atoms. The van der Waals surface area contributed by atoms with Gasteiger partial charge in [-0.25, -0.2) is 0 Å². The zero-order valence-corrected chi connectivity index (χ0v) is 11.9. The smallest absolute Gasteiger partial charge is 0.345 e. The van der Waals surface area contributed by atoms with Crippen LogP contribution in [0.2, 0.25) is 0 Å². The molecule has 1 N–H and O–H groups in total. The summed E-state index contributed by atoms with van der Waals surface area (Å²) in [6.45, 7) is 0.850. The Kier molecular flexibility index (Phi) is 5.11. The Morgan fingerprint density at radius 2 is 1.62 bits per heavy atom. The highest BCUT2D eigenvalue weighted by Gasteiger charge is 2.40. The van der Waals surface area contributed by atoms with Crippen molar-refractivity contribution in [2.75, 3.05) is 13.1 Å². The molecule has 0 atom stereocenters. The van der Waals surface area contributed by atoms with Gasteiger partial charge in [-0.05, 0) is 31.6 Å². The average Bonchev–Trinajstić information content (AvgIpc) is 2.91. The number of likely N-dealkylation sites (tertiary alicyclic amines) is 1. The van der Waals surface area contributed by atoms with Gasteiger partial charge >= 0.3 is 12.1 Å². The first-order chi connectivity index (χ1) is 9.86. The third-order valence-corrected chi connectivity index (χ3v) is 4.38. The van der Waals surface area contributed by atoms with Crippen molar-refractivity contribution in [2.24, 2.45) is 5.92 Å². The van der Waals surface area contributed by atoms with E-state index in [-0.39, 0.29) is 5.91 Å². The zero-order valence-electron chi connectivity index (χ0n) is 11.9. The molecule has 4 nitrogen and oxygen atoms in total. The maximum Gasteiger partial charge on any atom is 0.471 e. The minimum absolute atomic E-state index is 0.0995. The summed E-state index contributed by atoms with van der Waals surface area (Å²) in [5.41, 5.74) is 0. The Bertz CT molecular complexity index is 384. The van der Waals surface area contributed by atoms with Gasteiger partial charge < -0.3 is 10.2 Å². The summed E-state index contributed by atoms with van der Waals surface area (Å²) in [4.78, 5) is 24.7. The Balaban J connectivity index is 1.72. The third kappa shape index (κ3) is 4.61. The van der Waals surface area contributed by atoms with E-state index in [0.717, 1.165) is 12.8 Å². The molecule has 7 heteroatoms. The highest BCUT2D eigenvalue weighted by molar-refractivity contribution is 5.82. The van der Waals surface area contributed by atoms with Crippen LogP contribution in [-0.4, -0.2) is 42.0 Å². The molecular weight excluding hydrogens is 285 g/mol. The fourth-order valence-corrected chi connectivity index (χ4v) is 3.13. The second-order valence-electron chi connectivity index (χ2n) is 5.98. The number of alkyl halides is 3. The topological polar surface area (TPSA) is 49.4 Å². The van der Waals surface area contributed by atoms with Crippen LogP contribution in [0.4, 0.5) is 13.2 Å². The number of nitrogens with zero attached hydrogens (tertiary/aromatic N) is 1. The van der Waals surface area contributed by atoms with Crippen LogP contribution in [0.25, 0.3) is 0 Å². The molecule has 2 rings (SSSR count). The minimum Gasteiger partial charge on any atom is -0.345 e. The molecule has 0 aromatic rings. The fraction of sp³-hybridized carbons (Fsp3) is 0.857. The summed E-state index contributed by atoms with van der Waals surface area (Å²) >= 11 is 0. The van der Waals surface area contributed by atoms with Crippen molar-refractivity contribution in [3.8, 4) is 0 Å². The van der Waals surface area contributed by atoms with Crippen molar-refractivity contribution < 1.29 is 22.8 Å². The molecule has 1 saturated heterocycles. The molecule has 2 amide bonds. The molecule has 2 fully saturated rings. The van der Waals surface area contributed by atoms with Crippen molar-refractivity contribution >= 4 is 11.8 Å². The molecule has 0 bridgehead atoms. The van der Waals surface area contributed by atoms with Crippen LogP contribution in [0.1, 0.15) is 44.9 Å². The number of carbonyl (C=O) groups is 2. The van der Waals surface area contributed by atoms with Crippen LogP contribution < -0.4 is 5.32 Å². The Labute approximate surface area is 122 Å². The second-order valence-corrected chi connectivity index (χ2v) is 5.98. The van der Waals surface area contributed by atoms with Gasteiger partial charge in [-0.2, -0.15) is 13.2 Å². The van der Waals surface area contributed by atoms with E-state index in [9.17, 15) is 22.8 Å². The van der Waals surface area contributed by atoms with Gasteiger partial charge in [0.05, 0.1) is 0 Å². The lowest BCUT2D eigenvalue weighted by molar-refractivity contribution is -0.174. The van der Waals surface area contributed by atoms with Gasteiger partial charge in [-0.1, -0.05) is 12.8 Å². The van der Waals surface area contributed by atoms with E-state index in [1.54, 1.807) is 4.90 Å². The zero-order chi connectivity index (χ0) is 15.5. The number of carbonyl (C=O) groups excluding carboxylic acids is 2. The summed E-state index contributed by atoms with van der Waals surface area (Å²) in [5.74, 6) is -1.32. The molecule has 0 unspecified atom stereocenters. The van der Waals surface area contributed by atoms with Crippen LogP contribution in [0.3, 0.4) is 0 Å². The highest BCUT2D eigenvalue weighted by atomic mass is 19.4. The number of amides is 2. The monoisotopic (exact) mass is 306 g/mol. The van der Waals surface area contributed by atoms with E-state index in [2.05, 4.69) is 0 Å². The lowest BCUT2D eigenvalue weighted by atomic mass is 10.0. The van der Waals surface area contributed by atoms with Gasteiger partial charge in [0.1, 0.15) is 0 Å². The van der Waals surface area contributed by atoms with Crippen LogP contribution in [0, 0.1) is 5.92 Å². The first-order valence-corrected chi connectivity index (χ1v) is 7.51. The van der Waals surface area contributed by atoms with Gasteiger partial charge in [-0.15, -0.1) is 0 Å². The van der Waals surface area contributed by atoms with Gasteiger partial charge in [0, 0.05) is 25.6 Å². The van der Waals surface area contributed by atoms with Gasteiger partial charge in [0.25, 0.3) is 0 Å². The van der Waals surface area contributed by atoms with Gasteiger partial charge in [-0.3, -0.25) is 9.59 Å². The molecular formula is C14H21F3N2O2. The van der Waals surface area contributed by atoms with E-state index >= 15 is 0 Å². The van der Waals surface area contributed by atoms with Crippen LogP contribution in [0.15, 0.2) is 0 Å². The van der Waals surface area contributed by atoms with Gasteiger partial charge in [0.2, 0.25) is 5.91 Å². The van der Waals surface area contributed by atoms with Crippen molar-refractivity contribution in [1.29, 1.82) is 0 Å². The molecule has 0 spiro atoms. The number of nitrogens with one attached hydrogen (secondary N) is 1. The molecule has 120 valence electrons. The molecule has 2 aliphatic rings. The Morgan fingerprint density at radius 1 is 1.05 bits per heavy atom. The third-order valence-electron chi connectivity index (χ3n) is 4.38. The maximum absolute atomic E-state index is 12.2. The SMILES string of the molecule is O=C(CC1CCCC1)N1CCC(NC(=O)C(F)(F)F)CC1. The number of rotatable bonds is 3. The van der Waals surface area contributed by atoms with Crippen molar-refractivity contribution in [1.82, 2.24) is 10.2 Å². The molecule has 0 aromatic heterocycles. The predicted molar refractivity (Wildman–Crippen MR) is 70.4 cm³/mol. The van der Waals surface area contributed by atoms with E-state index in [4.69, 9.17) is 0 Å². The summed E-state index contributed by atoms with van der Waals surface area (Å²) in [6.07, 6.45) is 1.06. The van der Waals surface area contributed by atoms with Crippen LogP contribution >= 0.6 is 0 Å². The van der Waals surface area contributed by atoms with Crippen molar-refractivity contribution in [2.45, 2.75) is 57.2 Å². The molecule has 1 saturated carbocycles. The van der Waals surface area contributed by atoms with E-state index in [0.29, 0.717) is 38.3 Å². The van der Waals surface area contributed by atoms with E-state index in [1.807, 2.05) is 5.32 Å². The number of hydrogen-bond donors (Lipinski definition) is 1. The lowest BCUT2D eigenvalue weighted by Gasteiger charge is -2.33. The number of hydrogen-bond acceptors (Lipinski definition) is 2. The summed E-state index contributed by atoms with van der Waals surface area (Å²) < 4.78 is 36.5. The summed E-state index contributed by atoms with van der Waals surface area (Å²) in [6, 6.07) is -0.491. The second kappa shape index (κ2) is 6.66. The first kappa shape index (κ1) is 16.1. The summed E-state index contributed by atoms with van der Waals surface area (Å²) in [5, 5.41) is 1.99. The first-order valence-electron chi connectivity index (χ1n) is 7.51. The lowest BCUT2D eigenvalue weighted by Crippen LogP contribution is -2.49. The van der Waals surface area contributed by atoms with Crippen molar-refractivity contribution in [3.05, 3.63) is 0 Å². The molecule has 0 radical (unpaired) electrons. The normalized spacial score (nSPS) is 21.6. The predicted octanol–water partition coefficient (Wildman–Crippen LogP) is 2.24. The molecule has 0 aromatic carbocycles. The fourth-order valence-electron chi connectivity index (χ4n) is 3.13. The van der Waals surface area contributed by atoms with Crippen LogP contribution in [-0.2, 0) is 9.59 Å². The van der Waals surface area contributed by atoms with Gasteiger partial charge in [0.15, 0.2) is 0 Å². The molecule has 1 aliphatic carbocycles. The van der Waals surface area contributed by atoms with Crippen molar-refractivity contribution in [3.63, 3.8) is 0 Å². The standard InChI is InChI=1S/C14H21F3N2O2/c15-14(16,17)13(21)18-11-5-7-19(8-6-11)12(20)9-10-3-1-2-4-10/h10-11H,1-9H2,(H,18,21). The quantitative estimate of drug-likeness (QED) is 0.869. The highest BCUT2D eigenvalue weighted by Crippen LogP contribution is 2.28. The Hall–Kier alpha value is -1.27. The largest absolute Gasteiger partial charge is 0.471 e. The number of piperidine rings is 1. The Morgan fingerprint density at radius 3 is 2.14 bits per heavy atom. The molecule has 1 heterocycles.